The maximum Gasteiger partial charge on any atom is 0.413 e. The van der Waals surface area contributed by atoms with Gasteiger partial charge in [0.2, 0.25) is 0 Å². The molecule has 0 spiro atoms. The Bertz CT molecular complexity index is 1730. The molecule has 0 bridgehead atoms. The van der Waals surface area contributed by atoms with Gasteiger partial charge in [0.1, 0.15) is 12.1 Å². The number of nitrogens with zero attached hydrogens (tertiary/aromatic N) is 6. The van der Waals surface area contributed by atoms with Crippen LogP contribution in [-0.2, 0) is 14.8 Å². The Kier molecular flexibility index (Phi) is 8.84. The molecule has 16 heteroatoms. The highest BCUT2D eigenvalue weighted by atomic mass is 35.5. The number of hydrogen-bond donors (Lipinski definition) is 2. The van der Waals surface area contributed by atoms with Crippen molar-refractivity contribution >= 4 is 60.9 Å². The Morgan fingerprint density at radius 1 is 1.17 bits per heavy atom. The molecule has 1 unspecified atom stereocenters. The monoisotopic (exact) mass is 634 g/mol. The molecule has 3 aromatic heterocycles. The molecule has 1 atom stereocenters. The molecule has 4 heterocycles. The van der Waals surface area contributed by atoms with E-state index < -0.39 is 21.9 Å². The van der Waals surface area contributed by atoms with E-state index in [1.165, 1.54) is 23.8 Å². The summed E-state index contributed by atoms with van der Waals surface area (Å²) in [5.41, 5.74) is 2.18. The van der Waals surface area contributed by atoms with Crippen LogP contribution in [0, 0.1) is 12.7 Å². The molecule has 222 valence electrons. The fraction of sp³-hybridized carbons (Fsp3) is 0.346. The van der Waals surface area contributed by atoms with E-state index in [0.29, 0.717) is 61.0 Å². The minimum absolute atomic E-state index is 0.0241. The Balaban J connectivity index is 1.23. The SMILES string of the molecule is COC(=O)Nc1nc(C)c(S(=O)(=O)N2CCN(CC(C)Nc3ncnc4c(-c5ccc(F)c(Cl)n5)cccc34)CC2)s1. The Hall–Kier alpha value is -3.50. The quantitative estimate of drug-likeness (QED) is 0.270. The molecule has 42 heavy (non-hydrogen) atoms. The smallest absolute Gasteiger partial charge is 0.413 e. The predicted molar refractivity (Wildman–Crippen MR) is 159 cm³/mol. The molecular formula is C26H28ClFN8O4S2. The van der Waals surface area contributed by atoms with Crippen molar-refractivity contribution in [2.24, 2.45) is 0 Å². The van der Waals surface area contributed by atoms with Gasteiger partial charge < -0.3 is 10.1 Å². The topological polar surface area (TPSA) is 143 Å². The molecule has 4 aromatic rings. The highest BCUT2D eigenvalue weighted by Gasteiger charge is 2.32. The van der Waals surface area contributed by atoms with Crippen molar-refractivity contribution < 1.29 is 22.3 Å². The first-order valence-corrected chi connectivity index (χ1v) is 15.6. The fourth-order valence-electron chi connectivity index (χ4n) is 4.73. The van der Waals surface area contributed by atoms with Gasteiger partial charge in [-0.05, 0) is 32.0 Å². The number of fused-ring (bicyclic) bond motifs is 1. The fourth-order valence-corrected chi connectivity index (χ4v) is 7.84. The van der Waals surface area contributed by atoms with E-state index in [0.717, 1.165) is 16.7 Å². The van der Waals surface area contributed by atoms with Crippen LogP contribution >= 0.6 is 22.9 Å². The standard InChI is InChI=1S/C26H28ClFN8O4S2/c1-15(31-23-18-6-4-5-17(21(18)29-14-30-23)20-8-7-19(28)22(27)33-20)13-35-9-11-36(12-10-35)42(38,39)24-16(2)32-25(41-24)34-26(37)40-3/h4-8,14-15H,9-13H2,1-3H3,(H,29,30,31)(H,32,34,37). The highest BCUT2D eigenvalue weighted by Crippen LogP contribution is 2.32. The number of methoxy groups -OCH3 is 1. The summed E-state index contributed by atoms with van der Waals surface area (Å²) in [6.07, 6.45) is 0.748. The first-order chi connectivity index (χ1) is 20.1. The first-order valence-electron chi connectivity index (χ1n) is 12.9. The minimum Gasteiger partial charge on any atom is -0.453 e. The van der Waals surface area contributed by atoms with Crippen LogP contribution in [0.2, 0.25) is 5.15 Å². The Morgan fingerprint density at radius 3 is 2.64 bits per heavy atom. The zero-order chi connectivity index (χ0) is 30.0. The number of thiazole rings is 1. The predicted octanol–water partition coefficient (Wildman–Crippen LogP) is 4.23. The Labute approximate surface area is 251 Å². The average molecular weight is 635 g/mol. The van der Waals surface area contributed by atoms with Crippen molar-refractivity contribution in [3.63, 3.8) is 0 Å². The van der Waals surface area contributed by atoms with Crippen LogP contribution < -0.4 is 10.6 Å². The van der Waals surface area contributed by atoms with Crippen LogP contribution in [-0.4, -0.2) is 89.5 Å². The third kappa shape index (κ3) is 6.29. The number of para-hydroxylation sites is 1. The number of nitrogens with one attached hydrogen (secondary N) is 2. The summed E-state index contributed by atoms with van der Waals surface area (Å²) in [5, 5.41) is 6.60. The van der Waals surface area contributed by atoms with E-state index in [1.807, 2.05) is 25.1 Å². The van der Waals surface area contributed by atoms with Gasteiger partial charge in [-0.15, -0.1) is 0 Å². The van der Waals surface area contributed by atoms with Crippen LogP contribution in [0.15, 0.2) is 40.9 Å². The maximum absolute atomic E-state index is 13.7. The van der Waals surface area contributed by atoms with Crippen molar-refractivity contribution in [3.05, 3.63) is 53.3 Å². The van der Waals surface area contributed by atoms with Gasteiger partial charge in [0.05, 0.1) is 24.0 Å². The van der Waals surface area contributed by atoms with E-state index in [9.17, 15) is 17.6 Å². The van der Waals surface area contributed by atoms with E-state index in [2.05, 4.69) is 40.2 Å². The molecule has 12 nitrogen and oxygen atoms in total. The zero-order valence-electron chi connectivity index (χ0n) is 23.0. The van der Waals surface area contributed by atoms with Crippen LogP contribution in [0.4, 0.5) is 20.1 Å². The molecular weight excluding hydrogens is 607 g/mol. The lowest BCUT2D eigenvalue weighted by Crippen LogP contribution is -2.50. The summed E-state index contributed by atoms with van der Waals surface area (Å²) < 4.78 is 46.4. The number of carbonyl (C=O) groups excluding carboxylic acids is 1. The molecule has 0 saturated carbocycles. The zero-order valence-corrected chi connectivity index (χ0v) is 25.4. The minimum atomic E-state index is -3.77. The molecule has 5 rings (SSSR count). The summed E-state index contributed by atoms with van der Waals surface area (Å²) >= 11 is 6.81. The van der Waals surface area contributed by atoms with Crippen molar-refractivity contribution in [1.82, 2.24) is 29.1 Å². The van der Waals surface area contributed by atoms with Gasteiger partial charge in [-0.2, -0.15) is 4.31 Å². The normalized spacial score (nSPS) is 15.5. The number of aryl methyl sites for hydroxylation is 1. The largest absolute Gasteiger partial charge is 0.453 e. The van der Waals surface area contributed by atoms with Crippen molar-refractivity contribution in [2.45, 2.75) is 24.1 Å². The number of piperazine rings is 1. The van der Waals surface area contributed by atoms with Crippen molar-refractivity contribution in [1.29, 1.82) is 0 Å². The summed E-state index contributed by atoms with van der Waals surface area (Å²) in [5.74, 6) is 0.0476. The third-order valence-electron chi connectivity index (χ3n) is 6.71. The summed E-state index contributed by atoms with van der Waals surface area (Å²) in [6, 6.07) is 8.41. The van der Waals surface area contributed by atoms with Gasteiger partial charge in [0.25, 0.3) is 10.0 Å². The van der Waals surface area contributed by atoms with Gasteiger partial charge in [0.15, 0.2) is 20.3 Å². The second-order valence-electron chi connectivity index (χ2n) is 9.65. The lowest BCUT2D eigenvalue weighted by atomic mass is 10.1. The molecule has 0 aliphatic carbocycles. The summed E-state index contributed by atoms with van der Waals surface area (Å²) in [4.78, 5) is 30.9. The number of hydrogen-bond acceptors (Lipinski definition) is 11. The van der Waals surface area contributed by atoms with E-state index in [4.69, 9.17) is 11.6 Å². The van der Waals surface area contributed by atoms with Gasteiger partial charge in [-0.25, -0.2) is 37.5 Å². The maximum atomic E-state index is 13.7. The molecule has 1 aliphatic rings. The summed E-state index contributed by atoms with van der Waals surface area (Å²) in [6.45, 7) is 6.00. The van der Waals surface area contributed by atoms with E-state index in [1.54, 1.807) is 13.0 Å². The first kappa shape index (κ1) is 30.0. The van der Waals surface area contributed by atoms with Crippen molar-refractivity contribution in [3.8, 4) is 11.3 Å². The molecule has 1 saturated heterocycles. The van der Waals surface area contributed by atoms with Crippen LogP contribution in [0.1, 0.15) is 12.6 Å². The van der Waals surface area contributed by atoms with Crippen molar-refractivity contribution in [2.75, 3.05) is 50.5 Å². The van der Waals surface area contributed by atoms with Gasteiger partial charge in [-0.3, -0.25) is 10.2 Å². The number of anilines is 2. The number of benzene rings is 1. The number of halogens is 2. The lowest BCUT2D eigenvalue weighted by Gasteiger charge is -2.35. The molecule has 1 amide bonds. The molecule has 1 aliphatic heterocycles. The second kappa shape index (κ2) is 12.4. The third-order valence-corrected chi connectivity index (χ3v) is 10.5. The molecule has 2 N–H and O–H groups in total. The average Bonchev–Trinajstić information content (AvgIpc) is 3.35. The number of sulfonamides is 1. The van der Waals surface area contributed by atoms with E-state index >= 15 is 0 Å². The van der Waals surface area contributed by atoms with Crippen LogP contribution in [0.5, 0.6) is 0 Å². The number of rotatable bonds is 8. The van der Waals surface area contributed by atoms with Gasteiger partial charge in [-0.1, -0.05) is 35.1 Å². The molecule has 0 radical (unpaired) electrons. The highest BCUT2D eigenvalue weighted by molar-refractivity contribution is 7.91. The van der Waals surface area contributed by atoms with Crippen LogP contribution in [0.3, 0.4) is 0 Å². The van der Waals surface area contributed by atoms with Gasteiger partial charge in [0, 0.05) is 49.7 Å². The second-order valence-corrected chi connectivity index (χ2v) is 13.1. The number of pyridine rings is 1. The number of amides is 1. The molecule has 1 aromatic carbocycles. The Morgan fingerprint density at radius 2 is 1.93 bits per heavy atom. The number of carbonyl (C=O) groups is 1. The number of aromatic nitrogens is 4. The van der Waals surface area contributed by atoms with Crippen LogP contribution in [0.25, 0.3) is 22.2 Å². The summed E-state index contributed by atoms with van der Waals surface area (Å²) in [7, 11) is -2.55. The van der Waals surface area contributed by atoms with Gasteiger partial charge >= 0.3 is 6.09 Å². The number of ether oxygens (including phenoxy) is 1. The molecule has 1 fully saturated rings. The van der Waals surface area contributed by atoms with E-state index in [-0.39, 0.29) is 20.5 Å². The lowest BCUT2D eigenvalue weighted by molar-refractivity contribution is 0.184.